The van der Waals surface area contributed by atoms with Crippen LogP contribution in [0.25, 0.3) is 158 Å². The predicted molar refractivity (Wildman–Crippen MR) is 503 cm³/mol. The Bertz CT molecular complexity index is 5680. The predicted octanol–water partition coefficient (Wildman–Crippen LogP) is 25.7. The number of carbonyl (C=O) groups excluding carboxylic acids is 2. The van der Waals surface area contributed by atoms with Crippen molar-refractivity contribution < 1.29 is 9.59 Å². The number of hydrogen-bond acceptors (Lipinski definition) is 2. The topological polar surface area (TPSA) is 51.8 Å². The summed E-state index contributed by atoms with van der Waals surface area (Å²) in [6.07, 6.45) is 35.9. The van der Waals surface area contributed by atoms with Gasteiger partial charge in [-0.1, -0.05) is 298 Å². The van der Waals surface area contributed by atoms with Gasteiger partial charge in [-0.25, -0.2) is 0 Å². The largest absolute Gasteiger partial charge is 0.304 e. The zero-order valence-electron chi connectivity index (χ0n) is 71.9. The molecule has 10 aliphatic rings. The van der Waals surface area contributed by atoms with Crippen LogP contribution in [-0.2, 0) is 9.59 Å². The Balaban J connectivity index is 0.00000143. The summed E-state index contributed by atoms with van der Waals surface area (Å²) in [5.74, 6) is 4.71. The first-order valence-electron chi connectivity index (χ1n) is 41.8. The van der Waals surface area contributed by atoms with Crippen molar-refractivity contribution >= 4 is 171 Å². The van der Waals surface area contributed by atoms with Gasteiger partial charge in [0.2, 0.25) is 0 Å². The van der Waals surface area contributed by atoms with E-state index in [0.717, 1.165) is 45.4 Å². The fraction of sp³-hybridized carbons (Fsp3) is 0.410. The van der Waals surface area contributed by atoms with Gasteiger partial charge >= 0.3 is 0 Å². The van der Waals surface area contributed by atoms with E-state index in [1.165, 1.54) is 156 Å². The van der Waals surface area contributed by atoms with E-state index in [1.54, 1.807) is 38.5 Å². The summed E-state index contributed by atoms with van der Waals surface area (Å²) < 4.78 is 9.44. The van der Waals surface area contributed by atoms with Crippen molar-refractivity contribution in [3.63, 3.8) is 0 Å². The van der Waals surface area contributed by atoms with Gasteiger partial charge in [-0.2, -0.15) is 0 Å². The lowest BCUT2D eigenvalue weighted by atomic mass is 9.56. The van der Waals surface area contributed by atoms with E-state index in [2.05, 4.69) is 171 Å². The molecule has 8 heterocycles. The zero-order chi connectivity index (χ0) is 81.1. The fourth-order valence-corrected chi connectivity index (χ4v) is 16.2. The van der Waals surface area contributed by atoms with Gasteiger partial charge in [0, 0.05) is 98.0 Å². The summed E-state index contributed by atoms with van der Waals surface area (Å²) in [6.45, 7) is 58.9. The minimum Gasteiger partial charge on any atom is -0.304 e. The first-order valence-corrected chi connectivity index (χ1v) is 41.8. The molecule has 12 aromatic rings. The highest BCUT2D eigenvalue weighted by Gasteiger charge is 2.42. The molecule has 0 saturated heterocycles. The Kier molecular flexibility index (Phi) is 46.4. The molecule has 22 rings (SSSR count). The molecule has 0 aliphatic heterocycles. The van der Waals surface area contributed by atoms with Crippen molar-refractivity contribution in [2.24, 2.45) is 23.7 Å². The van der Waals surface area contributed by atoms with Crippen molar-refractivity contribution in [1.82, 2.24) is 17.6 Å². The molecule has 10 aliphatic carbocycles. The van der Waals surface area contributed by atoms with Gasteiger partial charge < -0.3 is 27.2 Å². The van der Waals surface area contributed by atoms with Gasteiger partial charge in [-0.15, -0.1) is 0 Å². The first-order chi connectivity index (χ1) is 53.6. The number of para-hydroxylation sites is 2. The van der Waals surface area contributed by atoms with E-state index < -0.39 is 0 Å². The van der Waals surface area contributed by atoms with Crippen molar-refractivity contribution in [1.29, 1.82) is 0 Å². The van der Waals surface area contributed by atoms with Crippen LogP contribution in [0, 0.1) is 23.7 Å². The smallest absolute Gasteiger partial charge is 0.116 e. The molecule has 592 valence electrons. The molecule has 4 fully saturated rings. The molecule has 0 spiro atoms. The summed E-state index contributed by atoms with van der Waals surface area (Å²) >= 11 is 0. The Morgan fingerprint density at radius 1 is 0.288 bits per heavy atom. The monoisotopic (exact) mass is 1490 g/mol. The summed E-state index contributed by atoms with van der Waals surface area (Å²) in [4.78, 5) is 17.6. The third-order valence-corrected chi connectivity index (χ3v) is 18.3. The van der Waals surface area contributed by atoms with Crippen LogP contribution >= 0.6 is 0 Å². The summed E-state index contributed by atoms with van der Waals surface area (Å²) in [6, 6.07) is 17.5. The molecule has 4 bridgehead atoms. The highest BCUT2D eigenvalue weighted by Crippen LogP contribution is 2.53. The van der Waals surface area contributed by atoms with Gasteiger partial charge in [0.1, 0.15) is 34.0 Å². The quantitative estimate of drug-likeness (QED) is 0.112. The third-order valence-electron chi connectivity index (χ3n) is 18.3. The van der Waals surface area contributed by atoms with Crippen LogP contribution < -0.4 is 42.3 Å². The number of aldehydes is 2. The van der Waals surface area contributed by atoms with Crippen molar-refractivity contribution in [3.05, 3.63) is 183 Å². The lowest BCUT2D eigenvalue weighted by Crippen LogP contribution is -2.38. The number of allylic oxidation sites excluding steroid dienone is 4. The number of rotatable bonds is 0. The lowest BCUT2D eigenvalue weighted by molar-refractivity contribution is -0.106. The third kappa shape index (κ3) is 18.0. The zero-order valence-corrected chi connectivity index (χ0v) is 71.9. The first kappa shape index (κ1) is 101. The van der Waals surface area contributed by atoms with Gasteiger partial charge in [0.15, 0.2) is 0 Å². The minimum atomic E-state index is 0. The Labute approximate surface area is 669 Å². The normalized spacial score (nSPS) is 14.5. The van der Waals surface area contributed by atoms with Crippen molar-refractivity contribution in [3.8, 4) is 0 Å². The molecule has 111 heavy (non-hydrogen) atoms. The Morgan fingerprint density at radius 3 is 0.766 bits per heavy atom. The maximum absolute atomic E-state index is 8.81. The highest BCUT2D eigenvalue weighted by atomic mass is 16.1. The van der Waals surface area contributed by atoms with E-state index in [9.17, 15) is 0 Å². The summed E-state index contributed by atoms with van der Waals surface area (Å²) in [5.41, 5.74) is 51.1. The lowest BCUT2D eigenvalue weighted by Gasteiger charge is -2.49. The van der Waals surface area contributed by atoms with E-state index in [-0.39, 0.29) is 22.3 Å². The molecule has 8 aromatic heterocycles. The Hall–Kier alpha value is -10.3. The summed E-state index contributed by atoms with van der Waals surface area (Å²) in [7, 11) is 0. The van der Waals surface area contributed by atoms with Crippen molar-refractivity contribution in [2.45, 2.75) is 269 Å². The molecular weight excluding hydrogens is 1350 g/mol. The fourth-order valence-electron chi connectivity index (χ4n) is 16.2. The molecule has 0 unspecified atom stereocenters. The molecule has 0 radical (unpaired) electrons. The van der Waals surface area contributed by atoms with E-state index in [1.807, 2.05) is 230 Å². The molecular formula is C105H140N4O2. The van der Waals surface area contributed by atoms with Crippen LogP contribution in [0.4, 0.5) is 0 Å². The van der Waals surface area contributed by atoms with Crippen LogP contribution in [0.5, 0.6) is 0 Å². The number of fused-ring (bicyclic) bond motifs is 28. The maximum Gasteiger partial charge on any atom is 0.116 e. The van der Waals surface area contributed by atoms with E-state index in [0.29, 0.717) is 0 Å². The SMILES string of the molecule is C.C.C.C1=C=c2c(c3c4c5c(n6c7c(c(c8c9c(n2c83)C=C=C=C9)c46)=CC=C=C=7)C=C=C=C5)=CC=1.C1=C=c2c(c3c4c5ccccc5n5c6c(c(c7c8ccccc8n2c37)c45)=CC=C=C=6)=CC=1.C1C2CC3CC1CC(C2)C3.CC.CC.CC.CC.CC.CC.CC.CC.CC.CC.CC.CC.CC.CC.CC=O.CC=O. The maximum atomic E-state index is 8.81. The van der Waals surface area contributed by atoms with Gasteiger partial charge in [-0.05, 0) is 172 Å². The second-order valence-corrected chi connectivity index (χ2v) is 22.3. The average molecular weight is 1490 g/mol. The molecule has 6 nitrogen and oxygen atoms in total. The molecule has 0 N–H and O–H groups in total. The minimum absolute atomic E-state index is 0. The van der Waals surface area contributed by atoms with Crippen molar-refractivity contribution in [2.75, 3.05) is 0 Å². The Morgan fingerprint density at radius 2 is 0.505 bits per heavy atom. The average Bonchev–Trinajstić information content (AvgIpc) is 1.50. The highest BCUT2D eigenvalue weighted by molar-refractivity contribution is 6.37. The van der Waals surface area contributed by atoms with Crippen LogP contribution in [0.15, 0.2) is 119 Å². The number of benzene rings is 4. The molecule has 6 heteroatoms. The van der Waals surface area contributed by atoms with E-state index >= 15 is 0 Å². The van der Waals surface area contributed by atoms with Gasteiger partial charge in [0.05, 0.1) is 44.5 Å². The number of nitrogens with zero attached hydrogens (tertiary/aromatic N) is 4. The van der Waals surface area contributed by atoms with Gasteiger partial charge in [-0.3, -0.25) is 0 Å². The van der Waals surface area contributed by atoms with E-state index in [4.69, 9.17) is 9.59 Å². The van der Waals surface area contributed by atoms with Crippen LogP contribution in [-0.4, -0.2) is 30.2 Å². The number of aromatic nitrogens is 4. The summed E-state index contributed by atoms with van der Waals surface area (Å²) in [5, 5.41) is 21.9. The van der Waals surface area contributed by atoms with Gasteiger partial charge in [0.25, 0.3) is 0 Å². The standard InChI is InChI=1S/C30H12N2.C30H8N2.C10H16.2C2H4O.14C2H6.3CH4/c2*1-5-13-21-17(9-1)25-26-18-10-2-7-15-23(18)32-24-16-8-4-12-20(24)28(30(26)32)27-19-11-3-6-14-22(19)31(21)29(25)27;1-7-2-9-4-8(1)5-10(3-7)6-9;2*1-2-3;14*1-2;;;/h1-5,8-13,16H;1,4,9-12,14-15H;7-10H,1-6H2;2*2H,1H3;14*1-2H3;3*1H4. The number of hydrogen-bond donors (Lipinski definition) is 0. The second kappa shape index (κ2) is 51.2. The van der Waals surface area contributed by atoms with Crippen LogP contribution in [0.1, 0.15) is 291 Å². The molecule has 0 atom stereocenters. The molecule has 0 amide bonds. The molecule has 4 saturated carbocycles. The van der Waals surface area contributed by atoms with Crippen LogP contribution in [0.3, 0.4) is 0 Å². The number of carbonyl (C=O) groups is 2. The molecule has 4 aromatic carbocycles. The van der Waals surface area contributed by atoms with Crippen LogP contribution in [0.2, 0.25) is 0 Å². The second-order valence-electron chi connectivity index (χ2n) is 22.3.